The molecular weight excluding hydrogens is 226 g/mol. The highest BCUT2D eigenvalue weighted by Crippen LogP contribution is 2.32. The van der Waals surface area contributed by atoms with Gasteiger partial charge in [-0.1, -0.05) is 13.0 Å². The molecule has 0 radical (unpaired) electrons. The van der Waals surface area contributed by atoms with Gasteiger partial charge < -0.3 is 10.1 Å². The zero-order valence-corrected chi connectivity index (χ0v) is 10.5. The number of fused-ring (bicyclic) bond motifs is 3. The molecule has 0 amide bonds. The summed E-state index contributed by atoms with van der Waals surface area (Å²) in [6.45, 7) is 2.14. The molecule has 0 fully saturated rings. The Balaban J connectivity index is 2.10. The van der Waals surface area contributed by atoms with Crippen molar-refractivity contribution in [3.63, 3.8) is 0 Å². The molecule has 0 spiro atoms. The number of benzene rings is 1. The number of hydrogen-bond acceptors (Lipinski definition) is 1. The van der Waals surface area contributed by atoms with Crippen molar-refractivity contribution < 1.29 is 9.90 Å². The summed E-state index contributed by atoms with van der Waals surface area (Å²) in [6, 6.07) is 6.45. The number of aromatic amines is 1. The van der Waals surface area contributed by atoms with Gasteiger partial charge in [-0.2, -0.15) is 0 Å². The van der Waals surface area contributed by atoms with Gasteiger partial charge in [0.05, 0.1) is 5.92 Å². The molecule has 1 aliphatic rings. The Hall–Kier alpha value is -1.77. The molecule has 0 bridgehead atoms. The predicted octanol–water partition coefficient (Wildman–Crippen LogP) is 2.92. The van der Waals surface area contributed by atoms with Gasteiger partial charge in [0.25, 0.3) is 0 Å². The molecule has 1 atom stereocenters. The summed E-state index contributed by atoms with van der Waals surface area (Å²) in [5.74, 6) is -0.886. The smallest absolute Gasteiger partial charge is 0.306 e. The van der Waals surface area contributed by atoms with Gasteiger partial charge in [-0.05, 0) is 48.9 Å². The van der Waals surface area contributed by atoms with Crippen molar-refractivity contribution in [2.75, 3.05) is 0 Å². The molecule has 1 unspecified atom stereocenters. The van der Waals surface area contributed by atoms with Crippen molar-refractivity contribution in [2.24, 2.45) is 5.92 Å². The number of H-pyrrole nitrogens is 1. The zero-order valence-electron chi connectivity index (χ0n) is 10.5. The zero-order chi connectivity index (χ0) is 12.7. The van der Waals surface area contributed by atoms with E-state index in [0.29, 0.717) is 6.42 Å². The van der Waals surface area contributed by atoms with E-state index in [0.717, 1.165) is 24.8 Å². The fourth-order valence-electron chi connectivity index (χ4n) is 2.89. The maximum atomic E-state index is 11.1. The minimum Gasteiger partial charge on any atom is -0.481 e. The lowest BCUT2D eigenvalue weighted by Gasteiger charge is -2.18. The molecule has 1 aromatic carbocycles. The van der Waals surface area contributed by atoms with Gasteiger partial charge in [0.15, 0.2) is 0 Å². The first-order valence-electron chi connectivity index (χ1n) is 6.54. The maximum absolute atomic E-state index is 11.1. The number of nitrogens with one attached hydrogen (secondary N) is 1. The highest BCUT2D eigenvalue weighted by Gasteiger charge is 2.26. The Kier molecular flexibility index (Phi) is 2.62. The number of aliphatic carboxylic acids is 1. The van der Waals surface area contributed by atoms with E-state index in [-0.39, 0.29) is 5.92 Å². The quantitative estimate of drug-likeness (QED) is 0.852. The van der Waals surface area contributed by atoms with Gasteiger partial charge in [-0.15, -0.1) is 0 Å². The maximum Gasteiger partial charge on any atom is 0.306 e. The van der Waals surface area contributed by atoms with Crippen LogP contribution in [0, 0.1) is 5.92 Å². The van der Waals surface area contributed by atoms with E-state index in [4.69, 9.17) is 5.11 Å². The number of aromatic nitrogens is 1. The number of carboxylic acids is 1. The van der Waals surface area contributed by atoms with Crippen molar-refractivity contribution in [3.05, 3.63) is 35.0 Å². The van der Waals surface area contributed by atoms with Gasteiger partial charge in [-0.25, -0.2) is 0 Å². The predicted molar refractivity (Wildman–Crippen MR) is 70.8 cm³/mol. The topological polar surface area (TPSA) is 53.1 Å². The number of carbonyl (C=O) groups is 1. The van der Waals surface area contributed by atoms with Crippen molar-refractivity contribution in [2.45, 2.75) is 32.6 Å². The Morgan fingerprint density at radius 1 is 1.50 bits per heavy atom. The molecule has 3 nitrogen and oxygen atoms in total. The molecule has 1 aromatic heterocycles. The van der Waals surface area contributed by atoms with Crippen molar-refractivity contribution in [1.82, 2.24) is 4.98 Å². The first-order chi connectivity index (χ1) is 8.69. The summed E-state index contributed by atoms with van der Waals surface area (Å²) < 4.78 is 0. The molecule has 3 rings (SSSR count). The van der Waals surface area contributed by atoms with Crippen LogP contribution in [0.5, 0.6) is 0 Å². The average Bonchev–Trinajstić information content (AvgIpc) is 2.75. The molecule has 1 heterocycles. The van der Waals surface area contributed by atoms with Gasteiger partial charge >= 0.3 is 5.97 Å². The van der Waals surface area contributed by atoms with Crippen LogP contribution >= 0.6 is 0 Å². The Morgan fingerprint density at radius 2 is 2.33 bits per heavy atom. The lowest BCUT2D eigenvalue weighted by Crippen LogP contribution is -2.21. The van der Waals surface area contributed by atoms with Gasteiger partial charge in [0, 0.05) is 16.6 Å². The lowest BCUT2D eigenvalue weighted by molar-refractivity contribution is -0.142. The normalized spacial score (nSPS) is 18.8. The van der Waals surface area contributed by atoms with Crippen molar-refractivity contribution >= 4 is 16.9 Å². The monoisotopic (exact) mass is 243 g/mol. The second-order valence-corrected chi connectivity index (χ2v) is 5.09. The summed E-state index contributed by atoms with van der Waals surface area (Å²) in [4.78, 5) is 14.6. The first-order valence-corrected chi connectivity index (χ1v) is 6.54. The van der Waals surface area contributed by atoms with Gasteiger partial charge in [0.1, 0.15) is 0 Å². The Labute approximate surface area is 106 Å². The van der Waals surface area contributed by atoms with Gasteiger partial charge in [0.2, 0.25) is 0 Å². The molecule has 2 N–H and O–H groups in total. The average molecular weight is 243 g/mol. The summed E-state index contributed by atoms with van der Waals surface area (Å²) >= 11 is 0. The van der Waals surface area contributed by atoms with Crippen LogP contribution in [0.3, 0.4) is 0 Å². The highest BCUT2D eigenvalue weighted by atomic mass is 16.4. The molecule has 0 saturated carbocycles. The number of aryl methyl sites for hydroxylation is 2. The molecule has 94 valence electrons. The summed E-state index contributed by atoms with van der Waals surface area (Å²) in [5.41, 5.74) is 4.90. The van der Waals surface area contributed by atoms with Crippen molar-refractivity contribution in [1.29, 1.82) is 0 Å². The largest absolute Gasteiger partial charge is 0.481 e. The molecule has 1 aliphatic carbocycles. The van der Waals surface area contributed by atoms with Crippen LogP contribution in [0.4, 0.5) is 0 Å². The Morgan fingerprint density at radius 3 is 3.06 bits per heavy atom. The van der Waals surface area contributed by atoms with Gasteiger partial charge in [-0.3, -0.25) is 4.79 Å². The molecule has 3 heteroatoms. The minimum absolute atomic E-state index is 0.221. The summed E-state index contributed by atoms with van der Waals surface area (Å²) in [5, 5.41) is 10.4. The molecule has 0 aliphatic heterocycles. The third-order valence-corrected chi connectivity index (χ3v) is 4.01. The van der Waals surface area contributed by atoms with Crippen LogP contribution in [0.1, 0.15) is 30.2 Å². The second-order valence-electron chi connectivity index (χ2n) is 5.09. The Bertz CT molecular complexity index is 612. The fraction of sp³-hybridized carbons (Fsp3) is 0.400. The fourth-order valence-corrected chi connectivity index (χ4v) is 2.89. The SMILES string of the molecule is CCc1ccc2[nH]c3c(c2c1)CC(C(=O)O)CC3. The van der Waals surface area contributed by atoms with Crippen LogP contribution in [0.2, 0.25) is 0 Å². The third kappa shape index (κ3) is 1.70. The third-order valence-electron chi connectivity index (χ3n) is 4.01. The van der Waals surface area contributed by atoms with Crippen LogP contribution in [-0.2, 0) is 24.1 Å². The second kappa shape index (κ2) is 4.16. The van der Waals surface area contributed by atoms with Crippen molar-refractivity contribution in [3.8, 4) is 0 Å². The summed E-state index contributed by atoms with van der Waals surface area (Å²) in [6.07, 6.45) is 3.27. The lowest BCUT2D eigenvalue weighted by atomic mass is 9.86. The molecule has 0 saturated heterocycles. The van der Waals surface area contributed by atoms with E-state index >= 15 is 0 Å². The molecule has 2 aromatic rings. The summed E-state index contributed by atoms with van der Waals surface area (Å²) in [7, 11) is 0. The van der Waals surface area contributed by atoms with E-state index in [2.05, 4.69) is 30.1 Å². The number of carboxylic acid groups (broad SMARTS) is 1. The van der Waals surface area contributed by atoms with E-state index in [9.17, 15) is 4.79 Å². The molecule has 18 heavy (non-hydrogen) atoms. The highest BCUT2D eigenvalue weighted by molar-refractivity contribution is 5.86. The van der Waals surface area contributed by atoms with Crippen LogP contribution in [-0.4, -0.2) is 16.1 Å². The van der Waals surface area contributed by atoms with Crippen LogP contribution in [0.25, 0.3) is 10.9 Å². The van der Waals surface area contributed by atoms with E-state index in [1.165, 1.54) is 22.2 Å². The van der Waals surface area contributed by atoms with Crippen LogP contribution < -0.4 is 0 Å². The minimum atomic E-state index is -0.665. The van der Waals surface area contributed by atoms with Crippen LogP contribution in [0.15, 0.2) is 18.2 Å². The number of rotatable bonds is 2. The van der Waals surface area contributed by atoms with E-state index in [1.807, 2.05) is 0 Å². The van der Waals surface area contributed by atoms with E-state index < -0.39 is 5.97 Å². The number of hydrogen-bond donors (Lipinski definition) is 2. The molecular formula is C15H17NO2. The van der Waals surface area contributed by atoms with E-state index in [1.54, 1.807) is 0 Å². The first kappa shape index (κ1) is 11.3. The standard InChI is InChI=1S/C15H17NO2/c1-2-9-3-5-13-11(7-9)12-8-10(15(17)18)4-6-14(12)16-13/h3,5,7,10,16H,2,4,6,8H2,1H3,(H,17,18).